The molecule has 0 aromatic carbocycles. The topological polar surface area (TPSA) is 0 Å². The quantitative estimate of drug-likeness (QED) is 0.299. The third-order valence-electron chi connectivity index (χ3n) is 6.31. The molecule has 0 saturated heterocycles. The van der Waals surface area contributed by atoms with E-state index in [0.717, 1.165) is 0 Å². The lowest BCUT2D eigenvalue weighted by Crippen LogP contribution is -2.24. The molecule has 0 N–H and O–H groups in total. The Balaban J connectivity index is 3.88. The van der Waals surface area contributed by atoms with E-state index >= 15 is 0 Å². The SMILES string of the molecule is CCC(C)(C)CCCCCCCC(C)(CC)CC(C)(C)CC. The molecule has 0 fully saturated rings. The summed E-state index contributed by atoms with van der Waals surface area (Å²) in [6.07, 6.45) is 15.3. The fourth-order valence-corrected chi connectivity index (χ4v) is 3.53. The van der Waals surface area contributed by atoms with Crippen LogP contribution in [0.25, 0.3) is 0 Å². The van der Waals surface area contributed by atoms with Crippen molar-refractivity contribution in [2.45, 2.75) is 126 Å². The first-order valence-corrected chi connectivity index (χ1v) is 10.1. The highest BCUT2D eigenvalue weighted by Crippen LogP contribution is 2.42. The average Bonchev–Trinajstić information content (AvgIpc) is 2.45. The van der Waals surface area contributed by atoms with Crippen molar-refractivity contribution in [1.82, 2.24) is 0 Å². The molecule has 0 saturated carbocycles. The molecule has 0 aliphatic carbocycles. The molecule has 0 aromatic heterocycles. The van der Waals surface area contributed by atoms with E-state index in [2.05, 4.69) is 55.4 Å². The van der Waals surface area contributed by atoms with E-state index in [4.69, 9.17) is 0 Å². The fourth-order valence-electron chi connectivity index (χ4n) is 3.53. The van der Waals surface area contributed by atoms with Crippen LogP contribution in [0.3, 0.4) is 0 Å². The van der Waals surface area contributed by atoms with Crippen LogP contribution in [0, 0.1) is 16.2 Å². The Morgan fingerprint density at radius 3 is 1.41 bits per heavy atom. The zero-order chi connectivity index (χ0) is 17.3. The van der Waals surface area contributed by atoms with Gasteiger partial charge in [-0.1, -0.05) is 107 Å². The highest BCUT2D eigenvalue weighted by atomic mass is 14.3. The Morgan fingerprint density at radius 2 is 0.955 bits per heavy atom. The van der Waals surface area contributed by atoms with Crippen molar-refractivity contribution in [2.75, 3.05) is 0 Å². The van der Waals surface area contributed by atoms with E-state index in [1.54, 1.807) is 0 Å². The molecule has 22 heavy (non-hydrogen) atoms. The normalized spacial score (nSPS) is 15.8. The van der Waals surface area contributed by atoms with Crippen LogP contribution in [0.2, 0.25) is 0 Å². The van der Waals surface area contributed by atoms with E-state index in [0.29, 0.717) is 16.2 Å². The summed E-state index contributed by atoms with van der Waals surface area (Å²) in [5.41, 5.74) is 1.63. The molecule has 0 bridgehead atoms. The minimum Gasteiger partial charge on any atom is -0.0649 e. The van der Waals surface area contributed by atoms with Gasteiger partial charge >= 0.3 is 0 Å². The largest absolute Gasteiger partial charge is 0.0649 e. The summed E-state index contributed by atoms with van der Waals surface area (Å²) in [5.74, 6) is 0. The monoisotopic (exact) mass is 310 g/mol. The highest BCUT2D eigenvalue weighted by molar-refractivity contribution is 4.81. The predicted octanol–water partition coefficient (Wildman–Crippen LogP) is 8.40. The predicted molar refractivity (Wildman–Crippen MR) is 103 cm³/mol. The molecule has 1 unspecified atom stereocenters. The Labute approximate surface area is 142 Å². The highest BCUT2D eigenvalue weighted by Gasteiger charge is 2.29. The molecule has 0 aromatic rings. The minimum atomic E-state index is 0.510. The second kappa shape index (κ2) is 9.99. The zero-order valence-corrected chi connectivity index (χ0v) is 17.3. The minimum absolute atomic E-state index is 0.510. The number of rotatable bonds is 13. The Morgan fingerprint density at radius 1 is 0.500 bits per heavy atom. The van der Waals surface area contributed by atoms with Gasteiger partial charge in [0.25, 0.3) is 0 Å². The van der Waals surface area contributed by atoms with Crippen molar-refractivity contribution < 1.29 is 0 Å². The summed E-state index contributed by atoms with van der Waals surface area (Å²) in [6, 6.07) is 0. The van der Waals surface area contributed by atoms with Crippen molar-refractivity contribution in [3.05, 3.63) is 0 Å². The molecule has 0 radical (unpaired) electrons. The van der Waals surface area contributed by atoms with Gasteiger partial charge in [-0.05, 0) is 35.5 Å². The van der Waals surface area contributed by atoms with E-state index in [-0.39, 0.29) is 0 Å². The summed E-state index contributed by atoms with van der Waals surface area (Å²) < 4.78 is 0. The van der Waals surface area contributed by atoms with Gasteiger partial charge in [-0.15, -0.1) is 0 Å². The number of hydrogen-bond donors (Lipinski definition) is 0. The smallest absolute Gasteiger partial charge is 0.0323 e. The lowest BCUT2D eigenvalue weighted by Gasteiger charge is -2.37. The van der Waals surface area contributed by atoms with E-state index in [1.165, 1.54) is 70.6 Å². The molecule has 0 spiro atoms. The van der Waals surface area contributed by atoms with Crippen molar-refractivity contribution in [3.8, 4) is 0 Å². The molecule has 1 atom stereocenters. The number of hydrogen-bond acceptors (Lipinski definition) is 0. The first-order chi connectivity index (χ1) is 10.1. The maximum atomic E-state index is 2.52. The zero-order valence-electron chi connectivity index (χ0n) is 17.3. The third kappa shape index (κ3) is 9.90. The summed E-state index contributed by atoms with van der Waals surface area (Å²) in [4.78, 5) is 0. The third-order valence-corrected chi connectivity index (χ3v) is 6.31. The first kappa shape index (κ1) is 22.0. The van der Waals surface area contributed by atoms with Gasteiger partial charge in [0.15, 0.2) is 0 Å². The number of unbranched alkanes of at least 4 members (excludes halogenated alkanes) is 4. The molecule has 0 nitrogen and oxygen atoms in total. The fraction of sp³-hybridized carbons (Fsp3) is 1.00. The van der Waals surface area contributed by atoms with Gasteiger partial charge in [0.05, 0.1) is 0 Å². The van der Waals surface area contributed by atoms with Gasteiger partial charge in [-0.2, -0.15) is 0 Å². The van der Waals surface area contributed by atoms with Crippen LogP contribution in [0.4, 0.5) is 0 Å². The average molecular weight is 311 g/mol. The molecule has 0 aliphatic rings. The molecule has 0 aliphatic heterocycles. The van der Waals surface area contributed by atoms with Crippen LogP contribution in [0.5, 0.6) is 0 Å². The molecule has 134 valence electrons. The molecule has 0 amide bonds. The maximum absolute atomic E-state index is 2.52. The van der Waals surface area contributed by atoms with Gasteiger partial charge in [-0.3, -0.25) is 0 Å². The van der Waals surface area contributed by atoms with Crippen LogP contribution in [-0.2, 0) is 0 Å². The summed E-state index contributed by atoms with van der Waals surface area (Å²) in [6.45, 7) is 19.3. The molecular weight excluding hydrogens is 264 g/mol. The van der Waals surface area contributed by atoms with Crippen LogP contribution >= 0.6 is 0 Å². The van der Waals surface area contributed by atoms with Crippen LogP contribution in [-0.4, -0.2) is 0 Å². The Kier molecular flexibility index (Phi) is 9.99. The second-order valence-electron chi connectivity index (χ2n) is 9.64. The van der Waals surface area contributed by atoms with Crippen molar-refractivity contribution in [3.63, 3.8) is 0 Å². The van der Waals surface area contributed by atoms with Crippen molar-refractivity contribution in [1.29, 1.82) is 0 Å². The second-order valence-corrected chi connectivity index (χ2v) is 9.64. The van der Waals surface area contributed by atoms with Gasteiger partial charge in [0.2, 0.25) is 0 Å². The molecule has 0 heteroatoms. The molecule has 0 rings (SSSR count). The van der Waals surface area contributed by atoms with Gasteiger partial charge in [0, 0.05) is 0 Å². The van der Waals surface area contributed by atoms with Gasteiger partial charge < -0.3 is 0 Å². The van der Waals surface area contributed by atoms with Crippen LogP contribution in [0.1, 0.15) is 126 Å². The summed E-state index contributed by atoms with van der Waals surface area (Å²) >= 11 is 0. The van der Waals surface area contributed by atoms with E-state index in [9.17, 15) is 0 Å². The first-order valence-electron chi connectivity index (χ1n) is 10.1. The van der Waals surface area contributed by atoms with Crippen LogP contribution in [0.15, 0.2) is 0 Å². The molecule has 0 heterocycles. The summed E-state index contributed by atoms with van der Waals surface area (Å²) in [7, 11) is 0. The van der Waals surface area contributed by atoms with E-state index < -0.39 is 0 Å². The lowest BCUT2D eigenvalue weighted by molar-refractivity contribution is 0.149. The van der Waals surface area contributed by atoms with E-state index in [1.807, 2.05) is 0 Å². The summed E-state index contributed by atoms with van der Waals surface area (Å²) in [5, 5.41) is 0. The van der Waals surface area contributed by atoms with Crippen molar-refractivity contribution in [2.24, 2.45) is 16.2 Å². The standard InChI is InChI=1S/C22H46/c1-9-20(4,5)17-15-13-12-14-16-18-22(8,11-3)19-21(6,7)10-2/h9-19H2,1-8H3. The molecular formula is C22H46. The maximum Gasteiger partial charge on any atom is -0.0323 e. The van der Waals surface area contributed by atoms with Gasteiger partial charge in [-0.25, -0.2) is 0 Å². The van der Waals surface area contributed by atoms with Gasteiger partial charge in [0.1, 0.15) is 0 Å². The Hall–Kier alpha value is 0. The van der Waals surface area contributed by atoms with Crippen LogP contribution < -0.4 is 0 Å². The Bertz CT molecular complexity index is 274. The van der Waals surface area contributed by atoms with Crippen molar-refractivity contribution >= 4 is 0 Å². The lowest BCUT2D eigenvalue weighted by atomic mass is 9.69.